The maximum atomic E-state index is 6.01. The summed E-state index contributed by atoms with van der Waals surface area (Å²) in [5, 5.41) is 0. The number of pyridine rings is 1. The molecule has 2 aromatic rings. The van der Waals surface area contributed by atoms with E-state index in [1.165, 1.54) is 5.56 Å². The van der Waals surface area contributed by atoms with Crippen LogP contribution in [-0.2, 0) is 11.2 Å². The molecule has 0 aromatic carbocycles. The molecule has 2 aromatic heterocycles. The van der Waals surface area contributed by atoms with E-state index in [-0.39, 0.29) is 0 Å². The van der Waals surface area contributed by atoms with Crippen molar-refractivity contribution in [2.75, 3.05) is 32.8 Å². The summed E-state index contributed by atoms with van der Waals surface area (Å²) in [6.45, 7) is 5.82. The second kappa shape index (κ2) is 6.13. The fourth-order valence-corrected chi connectivity index (χ4v) is 2.50. The van der Waals surface area contributed by atoms with E-state index in [1.807, 2.05) is 12.3 Å². The zero-order valence-corrected chi connectivity index (χ0v) is 12.3. The van der Waals surface area contributed by atoms with Crippen molar-refractivity contribution in [3.8, 4) is 0 Å². The van der Waals surface area contributed by atoms with Crippen LogP contribution in [0.25, 0.3) is 5.65 Å². The van der Waals surface area contributed by atoms with Gasteiger partial charge in [-0.25, -0.2) is 4.98 Å². The lowest BCUT2D eigenvalue weighted by atomic mass is 10.3. The van der Waals surface area contributed by atoms with Gasteiger partial charge in [-0.15, -0.1) is 0 Å². The minimum atomic E-state index is 0.609. The Morgan fingerprint density at radius 1 is 1.43 bits per heavy atom. The second-order valence-corrected chi connectivity index (χ2v) is 5.24. The quantitative estimate of drug-likeness (QED) is 0.671. The monoisotopic (exact) mass is 287 g/mol. The summed E-state index contributed by atoms with van der Waals surface area (Å²) in [6.07, 6.45) is 4.87. The second-order valence-electron chi connectivity index (χ2n) is 5.24. The van der Waals surface area contributed by atoms with Crippen LogP contribution >= 0.6 is 0 Å². The van der Waals surface area contributed by atoms with E-state index >= 15 is 0 Å². The topological polar surface area (TPSA) is 68.2 Å². The number of rotatable bonds is 3. The Labute approximate surface area is 124 Å². The van der Waals surface area contributed by atoms with Crippen LogP contribution in [0.15, 0.2) is 29.5 Å². The summed E-state index contributed by atoms with van der Waals surface area (Å²) in [6, 6.07) is 4.10. The molecule has 1 saturated heterocycles. The number of nitrogens with two attached hydrogens (primary N) is 1. The Morgan fingerprint density at radius 2 is 2.24 bits per heavy atom. The lowest BCUT2D eigenvalue weighted by Gasteiger charge is -2.27. The fourth-order valence-electron chi connectivity index (χ4n) is 2.50. The highest BCUT2D eigenvalue weighted by Gasteiger charge is 2.12. The maximum absolute atomic E-state index is 6.01. The molecule has 0 bridgehead atoms. The van der Waals surface area contributed by atoms with E-state index in [0.29, 0.717) is 12.5 Å². The SMILES string of the molecule is Cc1cccn2cc(CCN=C(N)N3CCOCC3)nc12. The molecule has 112 valence electrons. The molecule has 0 atom stereocenters. The van der Waals surface area contributed by atoms with Crippen LogP contribution < -0.4 is 5.73 Å². The fraction of sp³-hybridized carbons (Fsp3) is 0.467. The normalized spacial score (nSPS) is 16.6. The first-order valence-electron chi connectivity index (χ1n) is 7.30. The number of ether oxygens (including phenoxy) is 1. The third kappa shape index (κ3) is 3.16. The number of aryl methyl sites for hydroxylation is 1. The van der Waals surface area contributed by atoms with Crippen molar-refractivity contribution in [1.82, 2.24) is 14.3 Å². The Balaban J connectivity index is 1.62. The molecule has 3 heterocycles. The molecule has 0 radical (unpaired) electrons. The molecule has 1 aliphatic rings. The largest absolute Gasteiger partial charge is 0.378 e. The lowest BCUT2D eigenvalue weighted by molar-refractivity contribution is 0.0674. The molecule has 0 aliphatic carbocycles. The molecule has 0 saturated carbocycles. The number of hydrogen-bond donors (Lipinski definition) is 1. The average Bonchev–Trinajstić information content (AvgIpc) is 2.92. The first-order chi connectivity index (χ1) is 10.2. The predicted octanol–water partition coefficient (Wildman–Crippen LogP) is 0.832. The standard InChI is InChI=1S/C15H21N5O/c1-12-3-2-6-20-11-13(18-14(12)20)4-5-17-15(16)19-7-9-21-10-8-19/h2-3,6,11H,4-5,7-10H2,1H3,(H2,16,17). The lowest BCUT2D eigenvalue weighted by Crippen LogP contribution is -2.44. The summed E-state index contributed by atoms with van der Waals surface area (Å²) >= 11 is 0. The zero-order chi connectivity index (χ0) is 14.7. The molecule has 6 heteroatoms. The molecule has 21 heavy (non-hydrogen) atoms. The summed E-state index contributed by atoms with van der Waals surface area (Å²) in [5.41, 5.74) is 9.24. The van der Waals surface area contributed by atoms with Gasteiger partial charge in [-0.3, -0.25) is 4.99 Å². The van der Waals surface area contributed by atoms with Gasteiger partial charge in [-0.2, -0.15) is 0 Å². The van der Waals surface area contributed by atoms with Gasteiger partial charge in [-0.05, 0) is 18.6 Å². The minimum Gasteiger partial charge on any atom is -0.378 e. The summed E-state index contributed by atoms with van der Waals surface area (Å²) in [5.74, 6) is 0.609. The first-order valence-corrected chi connectivity index (χ1v) is 7.30. The van der Waals surface area contributed by atoms with Crippen LogP contribution in [0.3, 0.4) is 0 Å². The highest BCUT2D eigenvalue weighted by molar-refractivity contribution is 5.78. The van der Waals surface area contributed by atoms with Crippen LogP contribution in [0.1, 0.15) is 11.3 Å². The molecule has 1 aliphatic heterocycles. The van der Waals surface area contributed by atoms with Crippen molar-refractivity contribution in [1.29, 1.82) is 0 Å². The van der Waals surface area contributed by atoms with Crippen LogP contribution in [0, 0.1) is 6.92 Å². The van der Waals surface area contributed by atoms with E-state index in [9.17, 15) is 0 Å². The van der Waals surface area contributed by atoms with Gasteiger partial charge < -0.3 is 19.8 Å². The van der Waals surface area contributed by atoms with E-state index < -0.39 is 0 Å². The van der Waals surface area contributed by atoms with E-state index in [2.05, 4.69) is 38.5 Å². The summed E-state index contributed by atoms with van der Waals surface area (Å²) in [4.78, 5) is 11.2. The molecule has 3 rings (SSSR count). The Hall–Kier alpha value is -2.08. The highest BCUT2D eigenvalue weighted by atomic mass is 16.5. The first kappa shape index (κ1) is 13.9. The number of morpholine rings is 1. The van der Waals surface area contributed by atoms with E-state index in [0.717, 1.165) is 44.1 Å². The van der Waals surface area contributed by atoms with Crippen molar-refractivity contribution in [2.24, 2.45) is 10.7 Å². The molecule has 1 fully saturated rings. The molecule has 0 spiro atoms. The molecule has 0 unspecified atom stereocenters. The number of guanidine groups is 1. The molecule has 2 N–H and O–H groups in total. The Kier molecular flexibility index (Phi) is 4.06. The van der Waals surface area contributed by atoms with Gasteiger partial charge >= 0.3 is 0 Å². The number of imidazole rings is 1. The minimum absolute atomic E-state index is 0.609. The smallest absolute Gasteiger partial charge is 0.191 e. The number of hydrogen-bond acceptors (Lipinski definition) is 3. The van der Waals surface area contributed by atoms with Crippen molar-refractivity contribution in [2.45, 2.75) is 13.3 Å². The van der Waals surface area contributed by atoms with Gasteiger partial charge in [0.2, 0.25) is 0 Å². The van der Waals surface area contributed by atoms with Crippen LogP contribution in [0.5, 0.6) is 0 Å². The number of nitrogens with zero attached hydrogens (tertiary/aromatic N) is 4. The third-order valence-electron chi connectivity index (χ3n) is 3.70. The Morgan fingerprint density at radius 3 is 3.00 bits per heavy atom. The zero-order valence-electron chi connectivity index (χ0n) is 12.3. The summed E-state index contributed by atoms with van der Waals surface area (Å²) < 4.78 is 7.36. The third-order valence-corrected chi connectivity index (χ3v) is 3.70. The molecular formula is C15H21N5O. The van der Waals surface area contributed by atoms with Crippen molar-refractivity contribution in [3.63, 3.8) is 0 Å². The van der Waals surface area contributed by atoms with E-state index in [4.69, 9.17) is 10.5 Å². The number of fused-ring (bicyclic) bond motifs is 1. The van der Waals surface area contributed by atoms with E-state index in [1.54, 1.807) is 0 Å². The van der Waals surface area contributed by atoms with Crippen LogP contribution in [0.2, 0.25) is 0 Å². The van der Waals surface area contributed by atoms with Crippen molar-refractivity contribution >= 4 is 11.6 Å². The molecular weight excluding hydrogens is 266 g/mol. The van der Waals surface area contributed by atoms with Crippen LogP contribution in [-0.4, -0.2) is 53.1 Å². The van der Waals surface area contributed by atoms with Crippen LogP contribution in [0.4, 0.5) is 0 Å². The van der Waals surface area contributed by atoms with Crippen molar-refractivity contribution < 1.29 is 4.74 Å². The highest BCUT2D eigenvalue weighted by Crippen LogP contribution is 2.10. The van der Waals surface area contributed by atoms with Gasteiger partial charge in [0.25, 0.3) is 0 Å². The molecule has 0 amide bonds. The van der Waals surface area contributed by atoms with Gasteiger partial charge in [-0.1, -0.05) is 6.07 Å². The van der Waals surface area contributed by atoms with Gasteiger partial charge in [0, 0.05) is 38.4 Å². The van der Waals surface area contributed by atoms with Gasteiger partial charge in [0.15, 0.2) is 5.96 Å². The Bertz CT molecular complexity index is 643. The van der Waals surface area contributed by atoms with Crippen molar-refractivity contribution in [3.05, 3.63) is 35.8 Å². The summed E-state index contributed by atoms with van der Waals surface area (Å²) in [7, 11) is 0. The maximum Gasteiger partial charge on any atom is 0.191 e. The molecule has 6 nitrogen and oxygen atoms in total. The number of aromatic nitrogens is 2. The number of aliphatic imine (C=N–C) groups is 1. The van der Waals surface area contributed by atoms with Gasteiger partial charge in [0.05, 0.1) is 18.9 Å². The predicted molar refractivity (Wildman–Crippen MR) is 82.5 cm³/mol. The average molecular weight is 287 g/mol. The van der Waals surface area contributed by atoms with Gasteiger partial charge in [0.1, 0.15) is 5.65 Å².